The van der Waals surface area contributed by atoms with Gasteiger partial charge in [0.05, 0.1) is 10.1 Å². The molecule has 3 rings (SSSR count). The molecule has 3 N–H and O–H groups in total. The lowest BCUT2D eigenvalue weighted by atomic mass is 10.1. The first-order chi connectivity index (χ1) is 13.4. The van der Waals surface area contributed by atoms with Crippen LogP contribution in [0.15, 0.2) is 28.1 Å². The molecule has 8 nitrogen and oxygen atoms in total. The summed E-state index contributed by atoms with van der Waals surface area (Å²) in [6.07, 6.45) is 4.28. The number of unbranched alkanes of at least 4 members (excludes halogenated alkanes) is 2. The Kier molecular flexibility index (Phi) is 7.22. The molecule has 0 aliphatic carbocycles. The predicted octanol–water partition coefficient (Wildman–Crippen LogP) is 2.06. The van der Waals surface area contributed by atoms with Gasteiger partial charge < -0.3 is 14.7 Å². The van der Waals surface area contributed by atoms with Gasteiger partial charge in [-0.3, -0.25) is 4.79 Å². The number of amides is 1. The van der Waals surface area contributed by atoms with Crippen molar-refractivity contribution in [2.75, 3.05) is 26.2 Å². The number of nitrogens with two attached hydrogens (primary N) is 1. The fourth-order valence-electron chi connectivity index (χ4n) is 3.33. The number of thiophene rings is 1. The Labute approximate surface area is 169 Å². The minimum atomic E-state index is -3.45. The van der Waals surface area contributed by atoms with Gasteiger partial charge in [-0.1, -0.05) is 17.6 Å². The molecular formula is C18H26N4O4S2. The topological polar surface area (TPSA) is 119 Å². The molecule has 1 aliphatic rings. The van der Waals surface area contributed by atoms with Crippen molar-refractivity contribution in [2.24, 2.45) is 5.14 Å². The predicted molar refractivity (Wildman–Crippen MR) is 109 cm³/mol. The minimum Gasteiger partial charge on any atom is -0.355 e. The van der Waals surface area contributed by atoms with Crippen molar-refractivity contribution in [1.29, 1.82) is 0 Å². The third-order valence-electron chi connectivity index (χ3n) is 4.87. The fourth-order valence-corrected chi connectivity index (χ4v) is 4.92. The summed E-state index contributed by atoms with van der Waals surface area (Å²) in [5.74, 6) is 0.359. The number of hydrogen-bond donors (Lipinski definition) is 2. The second-order valence-corrected chi connectivity index (χ2v) is 9.82. The molecule has 0 spiro atoms. The molecule has 2 aromatic heterocycles. The summed E-state index contributed by atoms with van der Waals surface area (Å²) in [7, 11) is -3.45. The van der Waals surface area contributed by atoms with Gasteiger partial charge >= 0.3 is 0 Å². The Morgan fingerprint density at radius 2 is 2.25 bits per heavy atom. The number of hydrogen-bond acceptors (Lipinski definition) is 7. The van der Waals surface area contributed by atoms with E-state index in [-0.39, 0.29) is 11.6 Å². The Morgan fingerprint density at radius 1 is 1.39 bits per heavy atom. The van der Waals surface area contributed by atoms with Crippen LogP contribution in [-0.4, -0.2) is 55.8 Å². The number of rotatable bonds is 9. The lowest BCUT2D eigenvalue weighted by Gasteiger charge is -2.31. The number of nitrogens with one attached hydrogen (secondary N) is 1. The van der Waals surface area contributed by atoms with E-state index in [9.17, 15) is 13.2 Å². The van der Waals surface area contributed by atoms with Crippen molar-refractivity contribution < 1.29 is 17.7 Å². The molecule has 2 aromatic rings. The van der Waals surface area contributed by atoms with Crippen LogP contribution in [0.5, 0.6) is 0 Å². The van der Waals surface area contributed by atoms with Crippen molar-refractivity contribution in [3.63, 3.8) is 0 Å². The number of primary sulfonamides is 1. The van der Waals surface area contributed by atoms with Crippen molar-refractivity contribution in [3.05, 3.63) is 29.3 Å². The number of piperidine rings is 1. The van der Waals surface area contributed by atoms with Crippen LogP contribution in [-0.2, 0) is 10.0 Å². The molecular weight excluding hydrogens is 400 g/mol. The van der Waals surface area contributed by atoms with Crippen molar-refractivity contribution in [3.8, 4) is 10.6 Å². The number of carbonyl (C=O) groups excluding carboxylic acids is 1. The van der Waals surface area contributed by atoms with Gasteiger partial charge in [0.2, 0.25) is 10.0 Å². The summed E-state index contributed by atoms with van der Waals surface area (Å²) in [5, 5.41) is 13.4. The smallest absolute Gasteiger partial charge is 0.273 e. The standard InChI is InChI=1S/C18H26N4O4S2/c19-28(24,25)14-6-4-10-22(13-14)9-3-1-2-8-20-18(23)15-12-16(26-21-15)17-7-5-11-27-17/h5,7,11-12,14H,1-4,6,8-10,13H2,(H,20,23)(H2,19,24,25). The normalized spacial score (nSPS) is 18.2. The molecule has 1 atom stereocenters. The first-order valence-electron chi connectivity index (χ1n) is 9.46. The van der Waals surface area contributed by atoms with Crippen molar-refractivity contribution in [1.82, 2.24) is 15.4 Å². The van der Waals surface area contributed by atoms with E-state index in [2.05, 4.69) is 15.4 Å². The number of likely N-dealkylation sites (tertiary alicyclic amines) is 1. The van der Waals surface area contributed by atoms with Gasteiger partial charge in [-0.15, -0.1) is 11.3 Å². The zero-order valence-corrected chi connectivity index (χ0v) is 17.3. The van der Waals surface area contributed by atoms with Crippen molar-refractivity contribution in [2.45, 2.75) is 37.4 Å². The van der Waals surface area contributed by atoms with Crippen LogP contribution in [0.3, 0.4) is 0 Å². The van der Waals surface area contributed by atoms with E-state index < -0.39 is 15.3 Å². The molecule has 1 fully saturated rings. The van der Waals surface area contributed by atoms with Gasteiger partial charge in [-0.2, -0.15) is 0 Å². The van der Waals surface area contributed by atoms with Crippen LogP contribution in [0.4, 0.5) is 0 Å². The van der Waals surface area contributed by atoms with Gasteiger partial charge in [0.25, 0.3) is 5.91 Å². The summed E-state index contributed by atoms with van der Waals surface area (Å²) in [6.45, 7) is 2.86. The molecule has 1 amide bonds. The van der Waals surface area contributed by atoms with E-state index in [1.54, 1.807) is 6.07 Å². The molecule has 0 bridgehead atoms. The molecule has 1 aliphatic heterocycles. The average molecular weight is 427 g/mol. The van der Waals surface area contributed by atoms with Crippen LogP contribution in [0.2, 0.25) is 0 Å². The van der Waals surface area contributed by atoms with E-state index in [0.29, 0.717) is 25.3 Å². The van der Waals surface area contributed by atoms with Crippen LogP contribution in [0, 0.1) is 0 Å². The fraction of sp³-hybridized carbons (Fsp3) is 0.556. The van der Waals surface area contributed by atoms with Gasteiger partial charge in [-0.25, -0.2) is 13.6 Å². The summed E-state index contributed by atoms with van der Waals surface area (Å²) < 4.78 is 28.2. The second kappa shape index (κ2) is 9.64. The summed E-state index contributed by atoms with van der Waals surface area (Å²) >= 11 is 1.53. The maximum absolute atomic E-state index is 12.1. The quantitative estimate of drug-likeness (QED) is 0.593. The molecule has 1 unspecified atom stereocenters. The Balaban J connectivity index is 1.31. The van der Waals surface area contributed by atoms with Crippen LogP contribution in [0.1, 0.15) is 42.6 Å². The summed E-state index contributed by atoms with van der Waals surface area (Å²) in [6, 6.07) is 5.49. The Hall–Kier alpha value is -1.75. The Morgan fingerprint density at radius 3 is 3.00 bits per heavy atom. The van der Waals surface area contributed by atoms with Gasteiger partial charge in [0, 0.05) is 19.2 Å². The average Bonchev–Trinajstić information content (AvgIpc) is 3.35. The Bertz CT molecular complexity index is 864. The van der Waals surface area contributed by atoms with Gasteiger partial charge in [0.1, 0.15) is 0 Å². The second-order valence-electron chi connectivity index (χ2n) is 7.02. The summed E-state index contributed by atoms with van der Waals surface area (Å²) in [5.41, 5.74) is 0.283. The number of carbonyl (C=O) groups is 1. The maximum atomic E-state index is 12.1. The lowest BCUT2D eigenvalue weighted by molar-refractivity contribution is 0.0944. The van der Waals surface area contributed by atoms with Crippen LogP contribution < -0.4 is 10.5 Å². The van der Waals surface area contributed by atoms with Crippen LogP contribution in [0.25, 0.3) is 10.6 Å². The maximum Gasteiger partial charge on any atom is 0.273 e. The largest absolute Gasteiger partial charge is 0.355 e. The van der Waals surface area contributed by atoms with Crippen LogP contribution >= 0.6 is 11.3 Å². The SMILES string of the molecule is NS(=O)(=O)C1CCCN(CCCCCNC(=O)c2cc(-c3cccs3)on2)C1. The highest BCUT2D eigenvalue weighted by molar-refractivity contribution is 7.89. The first kappa shape index (κ1) is 21.0. The highest BCUT2D eigenvalue weighted by Gasteiger charge is 2.27. The van der Waals surface area contributed by atoms with Gasteiger partial charge in [0.15, 0.2) is 11.5 Å². The molecule has 10 heteroatoms. The third-order valence-corrected chi connectivity index (χ3v) is 7.07. The van der Waals surface area contributed by atoms with Gasteiger partial charge in [-0.05, 0) is 50.2 Å². The first-order valence-corrected chi connectivity index (χ1v) is 11.9. The summed E-state index contributed by atoms with van der Waals surface area (Å²) in [4.78, 5) is 15.2. The molecule has 154 valence electrons. The van der Waals surface area contributed by atoms with E-state index in [1.807, 2.05) is 17.5 Å². The monoisotopic (exact) mass is 426 g/mol. The van der Waals surface area contributed by atoms with E-state index in [1.165, 1.54) is 11.3 Å². The molecule has 0 radical (unpaired) electrons. The molecule has 0 aromatic carbocycles. The zero-order valence-electron chi connectivity index (χ0n) is 15.7. The highest BCUT2D eigenvalue weighted by atomic mass is 32.2. The molecule has 3 heterocycles. The van der Waals surface area contributed by atoms with E-state index in [0.717, 1.165) is 43.6 Å². The van der Waals surface area contributed by atoms with E-state index in [4.69, 9.17) is 9.66 Å². The zero-order chi connectivity index (χ0) is 20.0. The number of sulfonamides is 1. The number of aromatic nitrogens is 1. The van der Waals surface area contributed by atoms with Crippen molar-refractivity contribution >= 4 is 27.3 Å². The third kappa shape index (κ3) is 5.87. The number of nitrogens with zero attached hydrogens (tertiary/aromatic N) is 2. The molecule has 0 saturated carbocycles. The molecule has 28 heavy (non-hydrogen) atoms. The minimum absolute atomic E-state index is 0.237. The molecule has 1 saturated heterocycles. The highest BCUT2D eigenvalue weighted by Crippen LogP contribution is 2.25. The lowest BCUT2D eigenvalue weighted by Crippen LogP contribution is -2.44. The van der Waals surface area contributed by atoms with E-state index >= 15 is 0 Å².